The predicted octanol–water partition coefficient (Wildman–Crippen LogP) is -2.66. The molecule has 0 amide bonds. The molecule has 0 saturated carbocycles. The number of carbonyl (C=O) groups is 1. The Morgan fingerprint density at radius 2 is 1.29 bits per heavy atom. The number of hydrogen-bond donors (Lipinski definition) is 1. The average molecular weight is 422 g/mol. The van der Waals surface area contributed by atoms with Gasteiger partial charge in [-0.2, -0.15) is 0 Å². The van der Waals surface area contributed by atoms with Gasteiger partial charge < -0.3 is 5.11 Å². The van der Waals surface area contributed by atoms with Gasteiger partial charge in [0.1, 0.15) is 0 Å². The topological polar surface area (TPSA) is 37.3 Å². The molecule has 0 aliphatic rings. The van der Waals surface area contributed by atoms with Crippen LogP contribution in [-0.2, 0) is 4.79 Å². The van der Waals surface area contributed by atoms with Crippen LogP contribution in [0, 0.1) is 0 Å². The summed E-state index contributed by atoms with van der Waals surface area (Å²) < 4.78 is 0. The van der Waals surface area contributed by atoms with Crippen LogP contribution in [-0.4, -0.2) is 82.8 Å². The minimum atomic E-state index is -0.833. The van der Waals surface area contributed by atoms with Crippen molar-refractivity contribution in [3.63, 3.8) is 0 Å². The Bertz CT molecular complexity index is 33.9. The summed E-state index contributed by atoms with van der Waals surface area (Å²) >= 11 is 0. The normalized spacial score (nSPS) is 3.57. The molecule has 0 bridgehead atoms. The van der Waals surface area contributed by atoms with Crippen LogP contribution in [0.3, 0.4) is 0 Å². The van der Waals surface area contributed by atoms with Crippen LogP contribution in [0.1, 0.15) is 6.92 Å². The van der Waals surface area contributed by atoms with E-state index in [1.165, 1.54) is 0 Å². The molecular formula is C2H10O2Sn3. The summed E-state index contributed by atoms with van der Waals surface area (Å²) in [5.74, 6) is -0.833. The summed E-state index contributed by atoms with van der Waals surface area (Å²) in [5, 5.41) is 7.42. The SMILES string of the molecule is CC(=O)O.[SnH2].[SnH2].[SnH2]. The molecule has 1 N–H and O–H groups in total. The zero-order chi connectivity index (χ0) is 3.58. The van der Waals surface area contributed by atoms with E-state index in [2.05, 4.69) is 0 Å². The van der Waals surface area contributed by atoms with Crippen molar-refractivity contribution < 1.29 is 9.90 Å². The van der Waals surface area contributed by atoms with Gasteiger partial charge in [0.25, 0.3) is 5.97 Å². The van der Waals surface area contributed by atoms with E-state index in [4.69, 9.17) is 9.90 Å². The van der Waals surface area contributed by atoms with Crippen molar-refractivity contribution in [3.8, 4) is 0 Å². The van der Waals surface area contributed by atoms with E-state index in [1.807, 2.05) is 0 Å². The molecule has 0 spiro atoms. The summed E-state index contributed by atoms with van der Waals surface area (Å²) in [6.07, 6.45) is 0. The summed E-state index contributed by atoms with van der Waals surface area (Å²) in [6, 6.07) is 0. The molecule has 7 heavy (non-hydrogen) atoms. The van der Waals surface area contributed by atoms with Crippen LogP contribution < -0.4 is 0 Å². The Kier molecular flexibility index (Phi) is 51.8. The third-order valence-corrected chi connectivity index (χ3v) is 0. The molecule has 0 aromatic heterocycles. The summed E-state index contributed by atoms with van der Waals surface area (Å²) in [7, 11) is 0. The number of hydrogen-bond acceptors (Lipinski definition) is 1. The third kappa shape index (κ3) is 77.7. The Morgan fingerprint density at radius 1 is 1.29 bits per heavy atom. The number of rotatable bonds is 0. The van der Waals surface area contributed by atoms with Crippen molar-refractivity contribution >= 4 is 77.7 Å². The first kappa shape index (κ1) is 23.2. The molecular weight excluding hydrogens is 412 g/mol. The van der Waals surface area contributed by atoms with Gasteiger partial charge in [0, 0.05) is 6.92 Å². The van der Waals surface area contributed by atoms with Crippen molar-refractivity contribution in [2.24, 2.45) is 0 Å². The average Bonchev–Trinajstić information content (AvgIpc) is 0.811. The van der Waals surface area contributed by atoms with E-state index in [0.29, 0.717) is 0 Å². The Labute approximate surface area is 93.3 Å². The third-order valence-electron chi connectivity index (χ3n) is 0. The molecule has 0 aliphatic heterocycles. The fourth-order valence-electron chi connectivity index (χ4n) is 0. The number of carboxylic acids is 1. The Morgan fingerprint density at radius 3 is 1.29 bits per heavy atom. The fraction of sp³-hybridized carbons (Fsp3) is 0.500. The van der Waals surface area contributed by atoms with Crippen LogP contribution in [0.4, 0.5) is 0 Å². The molecule has 6 radical (unpaired) electrons. The molecule has 5 heteroatoms. The predicted molar refractivity (Wildman–Crippen MR) is 38.9 cm³/mol. The molecule has 0 heterocycles. The molecule has 42 valence electrons. The zero-order valence-corrected chi connectivity index (χ0v) is 16.6. The molecule has 0 saturated heterocycles. The summed E-state index contributed by atoms with van der Waals surface area (Å²) in [5.41, 5.74) is 0. The first-order chi connectivity index (χ1) is 1.73. The van der Waals surface area contributed by atoms with E-state index < -0.39 is 5.97 Å². The van der Waals surface area contributed by atoms with Crippen molar-refractivity contribution in [2.45, 2.75) is 6.92 Å². The van der Waals surface area contributed by atoms with Gasteiger partial charge in [0.05, 0.1) is 0 Å². The van der Waals surface area contributed by atoms with Gasteiger partial charge in [-0.3, -0.25) is 4.79 Å². The first-order valence-corrected chi connectivity index (χ1v) is 0.928. The van der Waals surface area contributed by atoms with E-state index in [-0.39, 0.29) is 71.7 Å². The zero-order valence-electron chi connectivity index (χ0n) is 4.48. The molecule has 0 aromatic carbocycles. The maximum atomic E-state index is 9.00. The maximum absolute atomic E-state index is 9.00. The fourth-order valence-corrected chi connectivity index (χ4v) is 0. The van der Waals surface area contributed by atoms with Crippen molar-refractivity contribution in [3.05, 3.63) is 0 Å². The molecule has 0 unspecified atom stereocenters. The molecule has 0 rings (SSSR count). The van der Waals surface area contributed by atoms with Crippen LogP contribution in [0.5, 0.6) is 0 Å². The minimum absolute atomic E-state index is 0. The van der Waals surface area contributed by atoms with E-state index in [1.54, 1.807) is 0 Å². The molecule has 0 aliphatic carbocycles. The standard InChI is InChI=1S/C2H4O2.3Sn.6H/c1-2(3)4;;;;;;;;;/h1H3,(H,3,4);;;;;;;;;. The van der Waals surface area contributed by atoms with Crippen molar-refractivity contribution in [1.82, 2.24) is 0 Å². The second kappa shape index (κ2) is 15.7. The first-order valence-electron chi connectivity index (χ1n) is 0.928. The van der Waals surface area contributed by atoms with Gasteiger partial charge in [0.15, 0.2) is 0 Å². The van der Waals surface area contributed by atoms with E-state index >= 15 is 0 Å². The van der Waals surface area contributed by atoms with E-state index in [9.17, 15) is 0 Å². The van der Waals surface area contributed by atoms with Gasteiger partial charge in [-0.15, -0.1) is 0 Å². The van der Waals surface area contributed by atoms with Crippen LogP contribution in [0.25, 0.3) is 0 Å². The van der Waals surface area contributed by atoms with Crippen molar-refractivity contribution in [1.29, 1.82) is 0 Å². The van der Waals surface area contributed by atoms with Gasteiger partial charge >= 0.3 is 71.7 Å². The second-order valence-corrected chi connectivity index (χ2v) is 0.519. The number of aliphatic carboxylic acids is 1. The quantitative estimate of drug-likeness (QED) is 0.433. The second-order valence-electron chi connectivity index (χ2n) is 0.519. The van der Waals surface area contributed by atoms with Crippen LogP contribution in [0.2, 0.25) is 0 Å². The summed E-state index contributed by atoms with van der Waals surface area (Å²) in [4.78, 5) is 9.00. The van der Waals surface area contributed by atoms with Crippen LogP contribution >= 0.6 is 0 Å². The number of carboxylic acid groups (broad SMARTS) is 1. The van der Waals surface area contributed by atoms with Gasteiger partial charge in [-0.25, -0.2) is 0 Å². The van der Waals surface area contributed by atoms with Gasteiger partial charge in [-0.05, 0) is 0 Å². The monoisotopic (exact) mass is 426 g/mol. The molecule has 2 nitrogen and oxygen atoms in total. The Balaban J connectivity index is -0.0000000150. The summed E-state index contributed by atoms with van der Waals surface area (Å²) in [6.45, 7) is 1.08. The van der Waals surface area contributed by atoms with Crippen LogP contribution in [0.15, 0.2) is 0 Å². The van der Waals surface area contributed by atoms with Crippen molar-refractivity contribution in [2.75, 3.05) is 0 Å². The van der Waals surface area contributed by atoms with Gasteiger partial charge in [0.2, 0.25) is 0 Å². The van der Waals surface area contributed by atoms with Gasteiger partial charge in [-0.1, -0.05) is 0 Å². The molecule has 0 fully saturated rings. The van der Waals surface area contributed by atoms with E-state index in [0.717, 1.165) is 6.92 Å². The molecule has 0 atom stereocenters. The Hall–Kier alpha value is 1.87. The molecule has 0 aromatic rings.